The van der Waals surface area contributed by atoms with Crippen LogP contribution in [0.25, 0.3) is 5.69 Å². The summed E-state index contributed by atoms with van der Waals surface area (Å²) in [6, 6.07) is 7.28. The Hall–Kier alpha value is -1.97. The van der Waals surface area contributed by atoms with Gasteiger partial charge >= 0.3 is 0 Å². The van der Waals surface area contributed by atoms with Gasteiger partial charge in [0.2, 0.25) is 5.88 Å². The van der Waals surface area contributed by atoms with Gasteiger partial charge in [-0.3, -0.25) is 9.89 Å². The van der Waals surface area contributed by atoms with Gasteiger partial charge in [0, 0.05) is 0 Å². The molecule has 0 aliphatic heterocycles. The van der Waals surface area contributed by atoms with Crippen LogP contribution in [0.3, 0.4) is 0 Å². The summed E-state index contributed by atoms with van der Waals surface area (Å²) in [5.41, 5.74) is 3.05. The molecule has 0 unspecified atom stereocenters. The molecule has 0 bridgehead atoms. The zero-order valence-corrected chi connectivity index (χ0v) is 9.57. The molecule has 2 rings (SSSR count). The highest BCUT2D eigenvalue weighted by Gasteiger charge is 2.05. The van der Waals surface area contributed by atoms with Crippen LogP contribution in [0.15, 0.2) is 29.1 Å². The monoisotopic (exact) mass is 218 g/mol. The number of hydrogen-bond donors (Lipinski definition) is 1. The van der Waals surface area contributed by atoms with Gasteiger partial charge in [-0.25, -0.2) is 4.68 Å². The van der Waals surface area contributed by atoms with Gasteiger partial charge in [0.1, 0.15) is 0 Å². The number of nitrogens with one attached hydrogen (secondary N) is 1. The number of rotatable bonds is 2. The van der Waals surface area contributed by atoms with E-state index in [4.69, 9.17) is 4.74 Å². The van der Waals surface area contributed by atoms with Crippen LogP contribution in [-0.4, -0.2) is 16.9 Å². The second kappa shape index (κ2) is 3.89. The number of hydrogen-bond acceptors (Lipinski definition) is 2. The fourth-order valence-electron chi connectivity index (χ4n) is 1.54. The summed E-state index contributed by atoms with van der Waals surface area (Å²) in [5, 5.41) is 2.88. The molecule has 0 atom stereocenters. The van der Waals surface area contributed by atoms with E-state index in [-0.39, 0.29) is 5.56 Å². The van der Waals surface area contributed by atoms with Crippen LogP contribution in [0.2, 0.25) is 0 Å². The van der Waals surface area contributed by atoms with E-state index >= 15 is 0 Å². The van der Waals surface area contributed by atoms with Crippen LogP contribution in [0, 0.1) is 13.8 Å². The molecule has 1 aromatic carbocycles. The Kier molecular flexibility index (Phi) is 2.56. The van der Waals surface area contributed by atoms with Crippen LogP contribution in [0.4, 0.5) is 0 Å². The lowest BCUT2D eigenvalue weighted by molar-refractivity contribution is 0.394. The molecule has 0 saturated carbocycles. The molecule has 0 aliphatic rings. The minimum atomic E-state index is -0.125. The van der Waals surface area contributed by atoms with E-state index in [1.54, 1.807) is 0 Å². The van der Waals surface area contributed by atoms with Crippen molar-refractivity contribution >= 4 is 0 Å². The van der Waals surface area contributed by atoms with E-state index < -0.39 is 0 Å². The smallest absolute Gasteiger partial charge is 0.275 e. The molecule has 1 aromatic heterocycles. The first-order valence-corrected chi connectivity index (χ1v) is 5.05. The number of nitrogens with zero attached hydrogens (tertiary/aromatic N) is 1. The highest BCUT2D eigenvalue weighted by atomic mass is 16.5. The molecule has 0 radical (unpaired) electrons. The van der Waals surface area contributed by atoms with E-state index in [2.05, 4.69) is 5.10 Å². The highest BCUT2D eigenvalue weighted by Crippen LogP contribution is 2.13. The van der Waals surface area contributed by atoms with Gasteiger partial charge in [-0.05, 0) is 37.1 Å². The minimum absolute atomic E-state index is 0.125. The Labute approximate surface area is 93.5 Å². The molecule has 1 heterocycles. The van der Waals surface area contributed by atoms with Gasteiger partial charge in [-0.2, -0.15) is 0 Å². The number of aromatic amines is 1. The maximum Gasteiger partial charge on any atom is 0.275 e. The molecule has 0 amide bonds. The number of aromatic nitrogens is 2. The molecule has 4 heteroatoms. The van der Waals surface area contributed by atoms with Crippen LogP contribution in [0.1, 0.15) is 11.1 Å². The summed E-state index contributed by atoms with van der Waals surface area (Å²) in [6.45, 7) is 4.06. The van der Waals surface area contributed by atoms with Crippen molar-refractivity contribution < 1.29 is 4.74 Å². The van der Waals surface area contributed by atoms with Crippen molar-refractivity contribution in [3.05, 3.63) is 45.7 Å². The fourth-order valence-corrected chi connectivity index (χ4v) is 1.54. The Morgan fingerprint density at radius 3 is 2.50 bits per heavy atom. The number of methoxy groups -OCH3 is 1. The largest absolute Gasteiger partial charge is 0.481 e. The predicted molar refractivity (Wildman–Crippen MR) is 62.4 cm³/mol. The molecule has 4 nitrogen and oxygen atoms in total. The number of H-pyrrole nitrogens is 1. The van der Waals surface area contributed by atoms with Gasteiger partial charge in [0.15, 0.2) is 0 Å². The van der Waals surface area contributed by atoms with Crippen molar-refractivity contribution in [3.63, 3.8) is 0 Å². The average molecular weight is 218 g/mol. The zero-order chi connectivity index (χ0) is 11.7. The molecule has 0 aliphatic carbocycles. The number of ether oxygens (including phenoxy) is 1. The average Bonchev–Trinajstić information content (AvgIpc) is 2.64. The van der Waals surface area contributed by atoms with E-state index in [9.17, 15) is 4.79 Å². The Morgan fingerprint density at radius 1 is 1.19 bits per heavy atom. The fraction of sp³-hybridized carbons (Fsp3) is 0.250. The third-order valence-electron chi connectivity index (χ3n) is 2.67. The van der Waals surface area contributed by atoms with Gasteiger partial charge in [-0.15, -0.1) is 0 Å². The molecule has 0 spiro atoms. The first kappa shape index (κ1) is 10.5. The molecule has 84 valence electrons. The summed E-state index contributed by atoms with van der Waals surface area (Å²) in [7, 11) is 1.52. The maximum atomic E-state index is 11.6. The minimum Gasteiger partial charge on any atom is -0.481 e. The highest BCUT2D eigenvalue weighted by molar-refractivity contribution is 5.39. The van der Waals surface area contributed by atoms with Gasteiger partial charge in [-0.1, -0.05) is 6.07 Å². The third-order valence-corrected chi connectivity index (χ3v) is 2.67. The molecule has 0 saturated heterocycles. The standard InChI is InChI=1S/C12H14N2O2/c1-8-4-5-10(6-9(8)2)14-12(15)7-11(13-14)16-3/h4-7,13H,1-3H3. The number of benzene rings is 1. The van der Waals surface area contributed by atoms with Crippen molar-refractivity contribution in [2.45, 2.75) is 13.8 Å². The van der Waals surface area contributed by atoms with Crippen molar-refractivity contribution in [2.24, 2.45) is 0 Å². The molecular formula is C12H14N2O2. The summed E-state index contributed by atoms with van der Waals surface area (Å²) < 4.78 is 6.44. The van der Waals surface area contributed by atoms with Crippen LogP contribution in [0.5, 0.6) is 5.88 Å². The Bertz CT molecular complexity index is 567. The molecule has 16 heavy (non-hydrogen) atoms. The first-order valence-electron chi connectivity index (χ1n) is 5.05. The second-order valence-electron chi connectivity index (χ2n) is 3.77. The van der Waals surface area contributed by atoms with E-state index in [0.29, 0.717) is 5.88 Å². The topological polar surface area (TPSA) is 47.0 Å². The SMILES string of the molecule is COc1cc(=O)n(-c2ccc(C)c(C)c2)[nH]1. The van der Waals surface area contributed by atoms with Crippen molar-refractivity contribution in [2.75, 3.05) is 7.11 Å². The second-order valence-corrected chi connectivity index (χ2v) is 3.77. The van der Waals surface area contributed by atoms with Crippen LogP contribution >= 0.6 is 0 Å². The van der Waals surface area contributed by atoms with E-state index in [1.807, 2.05) is 32.0 Å². The summed E-state index contributed by atoms with van der Waals surface area (Å²) in [5.74, 6) is 0.461. The van der Waals surface area contributed by atoms with Crippen molar-refractivity contribution in [1.82, 2.24) is 9.78 Å². The van der Waals surface area contributed by atoms with E-state index in [1.165, 1.54) is 23.4 Å². The van der Waals surface area contributed by atoms with Gasteiger partial charge in [0.25, 0.3) is 5.56 Å². The van der Waals surface area contributed by atoms with Gasteiger partial charge in [0.05, 0.1) is 18.9 Å². The van der Waals surface area contributed by atoms with Crippen molar-refractivity contribution in [1.29, 1.82) is 0 Å². The normalized spacial score (nSPS) is 10.4. The quantitative estimate of drug-likeness (QED) is 0.835. The van der Waals surface area contributed by atoms with Crippen LogP contribution < -0.4 is 10.3 Å². The summed E-state index contributed by atoms with van der Waals surface area (Å²) >= 11 is 0. The van der Waals surface area contributed by atoms with E-state index in [0.717, 1.165) is 11.3 Å². The summed E-state index contributed by atoms with van der Waals surface area (Å²) in [6.07, 6.45) is 0. The first-order chi connectivity index (χ1) is 7.61. The van der Waals surface area contributed by atoms with Crippen LogP contribution in [-0.2, 0) is 0 Å². The number of aryl methyl sites for hydroxylation is 2. The molecule has 0 fully saturated rings. The molecular weight excluding hydrogens is 204 g/mol. The lowest BCUT2D eigenvalue weighted by Crippen LogP contribution is -2.13. The van der Waals surface area contributed by atoms with Crippen molar-refractivity contribution in [3.8, 4) is 11.6 Å². The predicted octanol–water partition coefficient (Wildman–Crippen LogP) is 1.79. The maximum absolute atomic E-state index is 11.6. The van der Waals surface area contributed by atoms with Gasteiger partial charge < -0.3 is 4.74 Å². The molecule has 2 aromatic rings. The Balaban J connectivity index is 2.54. The zero-order valence-electron chi connectivity index (χ0n) is 9.57. The lowest BCUT2D eigenvalue weighted by atomic mass is 10.1. The lowest BCUT2D eigenvalue weighted by Gasteiger charge is -2.05. The third kappa shape index (κ3) is 1.74. The summed E-state index contributed by atoms with van der Waals surface area (Å²) in [4.78, 5) is 11.6. The molecule has 1 N–H and O–H groups in total. The Morgan fingerprint density at radius 2 is 1.94 bits per heavy atom.